The number of hydrogen-bond donors (Lipinski definition) is 1. The van der Waals surface area contributed by atoms with Crippen molar-refractivity contribution in [3.63, 3.8) is 0 Å². The molecule has 1 N–H and O–H groups in total. The maximum Gasteiger partial charge on any atom is 0.277 e. The van der Waals surface area contributed by atoms with E-state index in [2.05, 4.69) is 15.0 Å². The summed E-state index contributed by atoms with van der Waals surface area (Å²) in [6, 6.07) is 0.673. The van der Waals surface area contributed by atoms with Crippen LogP contribution >= 0.6 is 11.6 Å². The molecule has 1 saturated carbocycles. The van der Waals surface area contributed by atoms with E-state index in [9.17, 15) is 4.79 Å². The zero-order chi connectivity index (χ0) is 16.3. The van der Waals surface area contributed by atoms with Crippen LogP contribution in [0.15, 0.2) is 11.0 Å². The number of aryl methyl sites for hydroxylation is 1. The first kappa shape index (κ1) is 15.2. The van der Waals surface area contributed by atoms with E-state index in [0.29, 0.717) is 22.7 Å². The van der Waals surface area contributed by atoms with Crippen LogP contribution in [0.1, 0.15) is 43.9 Å². The van der Waals surface area contributed by atoms with Crippen molar-refractivity contribution in [3.05, 3.63) is 32.8 Å². The number of hydrogen-bond acceptors (Lipinski definition) is 3. The quantitative estimate of drug-likeness (QED) is 0.938. The Morgan fingerprint density at radius 3 is 2.83 bits per heavy atom. The van der Waals surface area contributed by atoms with Gasteiger partial charge in [-0.2, -0.15) is 9.61 Å². The number of fused-ring (bicyclic) bond motifs is 3. The molecular formula is C17H23ClN4O. The number of aromatic nitrogens is 3. The van der Waals surface area contributed by atoms with Gasteiger partial charge in [0.1, 0.15) is 5.02 Å². The maximum atomic E-state index is 12.7. The Bertz CT molecular complexity index is 822. The van der Waals surface area contributed by atoms with Crippen LogP contribution in [0, 0.1) is 18.8 Å². The Morgan fingerprint density at radius 1 is 1.43 bits per heavy atom. The van der Waals surface area contributed by atoms with Gasteiger partial charge < -0.3 is 9.88 Å². The largest absolute Gasteiger partial charge is 0.331 e. The molecule has 2 fully saturated rings. The molecule has 1 aliphatic heterocycles. The van der Waals surface area contributed by atoms with Crippen molar-refractivity contribution in [2.75, 3.05) is 6.54 Å². The fraction of sp³-hybridized carbons (Fsp3) is 0.647. The molecule has 3 atom stereocenters. The van der Waals surface area contributed by atoms with E-state index in [1.54, 1.807) is 0 Å². The molecule has 2 aliphatic rings. The number of rotatable bonds is 3. The maximum absolute atomic E-state index is 12.7. The summed E-state index contributed by atoms with van der Waals surface area (Å²) in [7, 11) is 0. The highest BCUT2D eigenvalue weighted by Crippen LogP contribution is 2.38. The van der Waals surface area contributed by atoms with Gasteiger partial charge in [-0.15, -0.1) is 0 Å². The second-order valence-corrected chi connectivity index (χ2v) is 7.81. The van der Waals surface area contributed by atoms with Crippen molar-refractivity contribution in [2.24, 2.45) is 11.8 Å². The SMILES string of the molecule is Cc1nn2c(=O)c(C(C)C)cn(C[C@H]3C[C@H]4C[C@@H]3CN4)c2c1Cl. The monoisotopic (exact) mass is 334 g/mol. The normalized spacial score (nSPS) is 26.7. The Hall–Kier alpha value is -1.33. The predicted molar refractivity (Wildman–Crippen MR) is 91.3 cm³/mol. The van der Waals surface area contributed by atoms with Crippen LogP contribution in [0.4, 0.5) is 0 Å². The summed E-state index contributed by atoms with van der Waals surface area (Å²) in [6.45, 7) is 7.99. The van der Waals surface area contributed by atoms with Crippen molar-refractivity contribution < 1.29 is 0 Å². The highest BCUT2D eigenvalue weighted by atomic mass is 35.5. The predicted octanol–water partition coefficient (Wildman–Crippen LogP) is 2.58. The van der Waals surface area contributed by atoms with Crippen molar-refractivity contribution in [2.45, 2.75) is 52.1 Å². The molecule has 5 nitrogen and oxygen atoms in total. The third-order valence-electron chi connectivity index (χ3n) is 5.53. The summed E-state index contributed by atoms with van der Waals surface area (Å²) in [4.78, 5) is 12.7. The van der Waals surface area contributed by atoms with Crippen molar-refractivity contribution in [1.29, 1.82) is 0 Å². The fourth-order valence-electron chi connectivity index (χ4n) is 4.25. The number of piperidine rings is 1. The lowest BCUT2D eigenvalue weighted by molar-refractivity contribution is 0.311. The molecule has 124 valence electrons. The van der Waals surface area contributed by atoms with Gasteiger partial charge in [0.25, 0.3) is 5.56 Å². The molecule has 0 radical (unpaired) electrons. The number of nitrogens with zero attached hydrogens (tertiary/aromatic N) is 3. The molecule has 2 bridgehead atoms. The molecule has 3 heterocycles. The molecule has 0 aromatic carbocycles. The summed E-state index contributed by atoms with van der Waals surface area (Å²) in [5.74, 6) is 1.56. The number of halogens is 1. The molecule has 1 aliphatic carbocycles. The van der Waals surface area contributed by atoms with Gasteiger partial charge in [0, 0.05) is 24.3 Å². The first-order valence-corrected chi connectivity index (χ1v) is 8.85. The van der Waals surface area contributed by atoms with Crippen molar-refractivity contribution in [3.8, 4) is 0 Å². The summed E-state index contributed by atoms with van der Waals surface area (Å²) in [6.07, 6.45) is 4.50. The lowest BCUT2D eigenvalue weighted by Crippen LogP contribution is -2.32. The fourth-order valence-corrected chi connectivity index (χ4v) is 4.48. The molecular weight excluding hydrogens is 312 g/mol. The van der Waals surface area contributed by atoms with Crippen molar-refractivity contribution in [1.82, 2.24) is 19.5 Å². The van der Waals surface area contributed by atoms with Gasteiger partial charge in [-0.1, -0.05) is 25.4 Å². The van der Waals surface area contributed by atoms with Gasteiger partial charge in [-0.25, -0.2) is 0 Å². The lowest BCUT2D eigenvalue weighted by Gasteiger charge is -2.24. The minimum atomic E-state index is -0.0455. The van der Waals surface area contributed by atoms with Crippen LogP contribution in [0.25, 0.3) is 5.65 Å². The van der Waals surface area contributed by atoms with Gasteiger partial charge in [0.15, 0.2) is 5.65 Å². The average molecular weight is 335 g/mol. The second kappa shape index (κ2) is 5.35. The van der Waals surface area contributed by atoms with E-state index in [4.69, 9.17) is 11.6 Å². The zero-order valence-corrected chi connectivity index (χ0v) is 14.6. The molecule has 6 heteroatoms. The highest BCUT2D eigenvalue weighted by molar-refractivity contribution is 6.34. The third kappa shape index (κ3) is 2.32. The van der Waals surface area contributed by atoms with Crippen LogP contribution in [0.5, 0.6) is 0 Å². The van der Waals surface area contributed by atoms with E-state index < -0.39 is 0 Å². The van der Waals surface area contributed by atoms with E-state index in [1.165, 1.54) is 17.4 Å². The third-order valence-corrected chi connectivity index (χ3v) is 5.98. The molecule has 0 amide bonds. The number of nitrogens with one attached hydrogen (secondary N) is 1. The van der Waals surface area contributed by atoms with Crippen molar-refractivity contribution >= 4 is 17.2 Å². The molecule has 2 aromatic rings. The first-order valence-electron chi connectivity index (χ1n) is 8.47. The zero-order valence-electron chi connectivity index (χ0n) is 13.8. The van der Waals surface area contributed by atoms with Gasteiger partial charge >= 0.3 is 0 Å². The summed E-state index contributed by atoms with van der Waals surface area (Å²) in [5, 5.41) is 8.53. The van der Waals surface area contributed by atoms with Gasteiger partial charge in [-0.05, 0) is 44.1 Å². The van der Waals surface area contributed by atoms with Gasteiger partial charge in [0.2, 0.25) is 0 Å². The smallest absolute Gasteiger partial charge is 0.277 e. The lowest BCUT2D eigenvalue weighted by atomic mass is 9.95. The molecule has 2 aromatic heterocycles. The van der Waals surface area contributed by atoms with E-state index in [1.807, 2.05) is 27.0 Å². The van der Waals surface area contributed by atoms with Crippen LogP contribution < -0.4 is 10.9 Å². The molecule has 1 saturated heterocycles. The average Bonchev–Trinajstić information content (AvgIpc) is 3.18. The van der Waals surface area contributed by atoms with Gasteiger partial charge in [0.05, 0.1) is 5.69 Å². The first-order chi connectivity index (χ1) is 11.0. The van der Waals surface area contributed by atoms with Crippen LogP contribution in [0.3, 0.4) is 0 Å². The van der Waals surface area contributed by atoms with E-state index in [-0.39, 0.29) is 11.5 Å². The Morgan fingerprint density at radius 2 is 2.22 bits per heavy atom. The highest BCUT2D eigenvalue weighted by Gasteiger charge is 2.39. The Kier molecular flexibility index (Phi) is 3.54. The minimum absolute atomic E-state index is 0.0455. The Labute approximate surface area is 140 Å². The second-order valence-electron chi connectivity index (χ2n) is 7.43. The molecule has 0 unspecified atom stereocenters. The summed E-state index contributed by atoms with van der Waals surface area (Å²) < 4.78 is 3.67. The molecule has 0 spiro atoms. The van der Waals surface area contributed by atoms with Crippen LogP contribution in [0.2, 0.25) is 5.02 Å². The van der Waals surface area contributed by atoms with E-state index in [0.717, 1.165) is 30.2 Å². The molecule has 23 heavy (non-hydrogen) atoms. The summed E-state index contributed by atoms with van der Waals surface area (Å²) >= 11 is 6.46. The topological polar surface area (TPSA) is 51.3 Å². The van der Waals surface area contributed by atoms with E-state index >= 15 is 0 Å². The van der Waals surface area contributed by atoms with Crippen LogP contribution in [-0.4, -0.2) is 26.8 Å². The summed E-state index contributed by atoms with van der Waals surface area (Å²) in [5.41, 5.74) is 2.22. The standard InChI is InChI=1S/C17H23ClN4O/c1-9(2)14-8-21(7-12-5-13-4-11(12)6-19-13)16-15(18)10(3)20-22(16)17(14)23/h8-9,11-13,19H,4-7H2,1-3H3/t11-,12-,13-/m1/s1. The minimum Gasteiger partial charge on any atom is -0.331 e. The van der Waals surface area contributed by atoms with Crippen LogP contribution in [-0.2, 0) is 6.54 Å². The van der Waals surface area contributed by atoms with Gasteiger partial charge in [-0.3, -0.25) is 4.79 Å². The molecule has 4 rings (SSSR count). The Balaban J connectivity index is 1.84.